The van der Waals surface area contributed by atoms with E-state index in [0.29, 0.717) is 22.7 Å². The molecule has 0 unspecified atom stereocenters. The number of amides is 1. The first-order valence-electron chi connectivity index (χ1n) is 12.8. The molecule has 0 aliphatic rings. The van der Waals surface area contributed by atoms with E-state index in [-0.39, 0.29) is 17.5 Å². The van der Waals surface area contributed by atoms with E-state index in [9.17, 15) is 14.7 Å². The van der Waals surface area contributed by atoms with Crippen LogP contribution in [0.15, 0.2) is 91.0 Å². The Labute approximate surface area is 232 Å². The molecule has 196 valence electrons. The lowest BCUT2D eigenvalue weighted by molar-refractivity contribution is 0.0697. The molecule has 5 nitrogen and oxygen atoms in total. The van der Waals surface area contributed by atoms with E-state index in [4.69, 9.17) is 11.6 Å². The molecule has 5 aromatic rings. The molecule has 6 heteroatoms. The summed E-state index contributed by atoms with van der Waals surface area (Å²) in [6.07, 6.45) is 0. The smallest absolute Gasteiger partial charge is 0.336 e. The Balaban J connectivity index is 1.39. The number of aryl methyl sites for hydroxylation is 1. The number of fused-ring (bicyclic) bond motifs is 1. The zero-order valence-corrected chi connectivity index (χ0v) is 22.8. The monoisotopic (exact) mass is 536 g/mol. The van der Waals surface area contributed by atoms with Crippen molar-refractivity contribution < 1.29 is 14.7 Å². The highest BCUT2D eigenvalue weighted by Crippen LogP contribution is 2.29. The normalized spacial score (nSPS) is 11.9. The third kappa shape index (κ3) is 5.18. The first-order valence-corrected chi connectivity index (χ1v) is 13.2. The molecule has 0 saturated heterocycles. The summed E-state index contributed by atoms with van der Waals surface area (Å²) >= 11 is 6.32. The molecule has 0 radical (unpaired) electrons. The van der Waals surface area contributed by atoms with E-state index >= 15 is 0 Å². The fraction of sp³-hybridized carbons (Fsp3) is 0.152. The Morgan fingerprint density at radius 2 is 1.62 bits per heavy atom. The second kappa shape index (κ2) is 10.8. The molecule has 0 bridgehead atoms. The van der Waals surface area contributed by atoms with Gasteiger partial charge in [0.2, 0.25) is 0 Å². The van der Waals surface area contributed by atoms with Crippen molar-refractivity contribution in [1.29, 1.82) is 0 Å². The Morgan fingerprint density at radius 3 is 2.33 bits per heavy atom. The maximum atomic E-state index is 13.1. The maximum absolute atomic E-state index is 13.1. The number of nitrogens with one attached hydrogen (secondary N) is 1. The quantitative estimate of drug-likeness (QED) is 0.223. The van der Waals surface area contributed by atoms with E-state index in [0.717, 1.165) is 38.9 Å². The van der Waals surface area contributed by atoms with Crippen LogP contribution in [0.25, 0.3) is 22.0 Å². The summed E-state index contributed by atoms with van der Waals surface area (Å²) in [5.41, 5.74) is 7.75. The molecular weight excluding hydrogens is 508 g/mol. The van der Waals surface area contributed by atoms with Gasteiger partial charge in [-0.05, 0) is 78.9 Å². The van der Waals surface area contributed by atoms with Crippen molar-refractivity contribution in [3.05, 3.63) is 130 Å². The minimum atomic E-state index is -0.939. The molecule has 2 N–H and O–H groups in total. The maximum Gasteiger partial charge on any atom is 0.336 e. The summed E-state index contributed by atoms with van der Waals surface area (Å²) < 4.78 is 2.25. The average Bonchev–Trinajstić information content (AvgIpc) is 3.17. The molecule has 39 heavy (non-hydrogen) atoms. The summed E-state index contributed by atoms with van der Waals surface area (Å²) in [6.45, 7) is 6.75. The number of aromatic carboxylic acids is 1. The lowest BCUT2D eigenvalue weighted by Crippen LogP contribution is -2.26. The van der Waals surface area contributed by atoms with Crippen molar-refractivity contribution in [2.24, 2.45) is 0 Å². The molecule has 1 amide bonds. The topological polar surface area (TPSA) is 71.3 Å². The molecule has 0 aliphatic carbocycles. The standard InChI is InChI=1S/C33H29ClN2O3/c1-20-22(3)36(19-23-12-14-24(15-13-23)27-9-4-5-10-28(27)33(38)39)31-17-16-25(18-29(20)31)32(37)35-21(2)26-8-6-7-11-30(26)34/h4-18,21H,19H2,1-3H3,(H,35,37)(H,38,39)/t21-/m0/s1. The highest BCUT2D eigenvalue weighted by Gasteiger charge is 2.17. The number of aromatic nitrogens is 1. The summed E-state index contributed by atoms with van der Waals surface area (Å²) in [7, 11) is 0. The SMILES string of the molecule is Cc1c(C)n(Cc2ccc(-c3ccccc3C(=O)O)cc2)c2ccc(C(=O)N[C@@H](C)c3ccccc3Cl)cc12. The van der Waals surface area contributed by atoms with Crippen LogP contribution in [0, 0.1) is 13.8 Å². The number of carboxylic acids is 1. The number of halogens is 1. The third-order valence-electron chi connectivity index (χ3n) is 7.38. The van der Waals surface area contributed by atoms with Crippen LogP contribution in [0.5, 0.6) is 0 Å². The Kier molecular flexibility index (Phi) is 7.27. The highest BCUT2D eigenvalue weighted by molar-refractivity contribution is 6.31. The Morgan fingerprint density at radius 1 is 0.923 bits per heavy atom. The van der Waals surface area contributed by atoms with Gasteiger partial charge in [0.15, 0.2) is 0 Å². The zero-order chi connectivity index (χ0) is 27.7. The summed E-state index contributed by atoms with van der Waals surface area (Å²) in [5.74, 6) is -1.09. The van der Waals surface area contributed by atoms with Crippen LogP contribution in [0.2, 0.25) is 5.02 Å². The number of rotatable bonds is 7. The van der Waals surface area contributed by atoms with Crippen molar-refractivity contribution >= 4 is 34.4 Å². The van der Waals surface area contributed by atoms with Gasteiger partial charge in [-0.1, -0.05) is 72.3 Å². The van der Waals surface area contributed by atoms with Gasteiger partial charge in [0.05, 0.1) is 11.6 Å². The van der Waals surface area contributed by atoms with Crippen LogP contribution in [0.3, 0.4) is 0 Å². The Hall–Kier alpha value is -4.35. The van der Waals surface area contributed by atoms with Crippen molar-refractivity contribution in [2.75, 3.05) is 0 Å². The van der Waals surface area contributed by atoms with Crippen LogP contribution in [-0.4, -0.2) is 21.6 Å². The number of nitrogens with zero attached hydrogens (tertiary/aromatic N) is 1. The minimum Gasteiger partial charge on any atom is -0.478 e. The number of carbonyl (C=O) groups excluding carboxylic acids is 1. The number of carbonyl (C=O) groups is 2. The van der Waals surface area contributed by atoms with E-state index in [1.807, 2.05) is 85.8 Å². The molecule has 1 atom stereocenters. The van der Waals surface area contributed by atoms with Gasteiger partial charge in [0.25, 0.3) is 5.91 Å². The van der Waals surface area contributed by atoms with Gasteiger partial charge in [-0.3, -0.25) is 4.79 Å². The van der Waals surface area contributed by atoms with Crippen molar-refractivity contribution in [2.45, 2.75) is 33.4 Å². The second-order valence-electron chi connectivity index (χ2n) is 9.79. The first-order chi connectivity index (χ1) is 18.7. The zero-order valence-electron chi connectivity index (χ0n) is 22.0. The van der Waals surface area contributed by atoms with Crippen LogP contribution in [0.1, 0.15) is 56.1 Å². The molecule has 5 rings (SSSR count). The Bertz CT molecular complexity index is 1700. The van der Waals surface area contributed by atoms with Gasteiger partial charge in [0.1, 0.15) is 0 Å². The minimum absolute atomic E-state index is 0.147. The number of hydrogen-bond acceptors (Lipinski definition) is 2. The van der Waals surface area contributed by atoms with Gasteiger partial charge in [-0.2, -0.15) is 0 Å². The molecule has 0 spiro atoms. The van der Waals surface area contributed by atoms with Gasteiger partial charge in [0, 0.05) is 33.7 Å². The van der Waals surface area contributed by atoms with Gasteiger partial charge in [-0.15, -0.1) is 0 Å². The summed E-state index contributed by atoms with van der Waals surface area (Å²) in [6, 6.07) is 28.1. The van der Waals surface area contributed by atoms with Crippen molar-refractivity contribution in [1.82, 2.24) is 9.88 Å². The summed E-state index contributed by atoms with van der Waals surface area (Å²) in [5, 5.41) is 14.3. The fourth-order valence-electron chi connectivity index (χ4n) is 5.07. The molecule has 1 aromatic heterocycles. The molecule has 0 fully saturated rings. The van der Waals surface area contributed by atoms with E-state index in [1.54, 1.807) is 12.1 Å². The predicted octanol–water partition coefficient (Wildman–Crippen LogP) is 7.82. The van der Waals surface area contributed by atoms with Gasteiger partial charge in [-0.25, -0.2) is 4.79 Å². The molecule has 0 saturated carbocycles. The number of hydrogen-bond donors (Lipinski definition) is 2. The number of benzene rings is 4. The molecule has 0 aliphatic heterocycles. The van der Waals surface area contributed by atoms with Crippen LogP contribution < -0.4 is 5.32 Å². The van der Waals surface area contributed by atoms with E-state index < -0.39 is 5.97 Å². The van der Waals surface area contributed by atoms with Gasteiger partial charge < -0.3 is 15.0 Å². The van der Waals surface area contributed by atoms with Gasteiger partial charge >= 0.3 is 5.97 Å². The second-order valence-corrected chi connectivity index (χ2v) is 10.2. The average molecular weight is 537 g/mol. The number of carboxylic acid groups (broad SMARTS) is 1. The van der Waals surface area contributed by atoms with E-state index in [2.05, 4.69) is 23.7 Å². The van der Waals surface area contributed by atoms with Crippen molar-refractivity contribution in [3.63, 3.8) is 0 Å². The highest BCUT2D eigenvalue weighted by atomic mass is 35.5. The largest absolute Gasteiger partial charge is 0.478 e. The van der Waals surface area contributed by atoms with Crippen LogP contribution in [-0.2, 0) is 6.54 Å². The van der Waals surface area contributed by atoms with Crippen LogP contribution >= 0.6 is 11.6 Å². The lowest BCUT2D eigenvalue weighted by atomic mass is 9.99. The van der Waals surface area contributed by atoms with Crippen molar-refractivity contribution in [3.8, 4) is 11.1 Å². The molecule has 1 heterocycles. The van der Waals surface area contributed by atoms with Crippen LogP contribution in [0.4, 0.5) is 0 Å². The molecule has 4 aromatic carbocycles. The first kappa shape index (κ1) is 26.3. The lowest BCUT2D eigenvalue weighted by Gasteiger charge is -2.16. The fourth-order valence-corrected chi connectivity index (χ4v) is 5.37. The van der Waals surface area contributed by atoms with E-state index in [1.165, 1.54) is 0 Å². The third-order valence-corrected chi connectivity index (χ3v) is 7.73. The summed E-state index contributed by atoms with van der Waals surface area (Å²) in [4.78, 5) is 24.7. The predicted molar refractivity (Wildman–Crippen MR) is 157 cm³/mol. The molecular formula is C33H29ClN2O3.